The molecule has 5 rings (SSSR count). The molecule has 0 amide bonds. The summed E-state index contributed by atoms with van der Waals surface area (Å²) >= 11 is 1.14. The van der Waals surface area contributed by atoms with E-state index in [1.54, 1.807) is 7.11 Å². The van der Waals surface area contributed by atoms with Crippen molar-refractivity contribution in [2.75, 3.05) is 19.8 Å². The van der Waals surface area contributed by atoms with Gasteiger partial charge in [0.2, 0.25) is 0 Å². The molecule has 6 nitrogen and oxygen atoms in total. The van der Waals surface area contributed by atoms with Crippen molar-refractivity contribution in [2.45, 2.75) is 50.4 Å². The number of aromatic amines is 1. The van der Waals surface area contributed by atoms with Gasteiger partial charge in [-0.1, -0.05) is 29.4 Å². The van der Waals surface area contributed by atoms with E-state index >= 15 is 0 Å². The van der Waals surface area contributed by atoms with E-state index in [0.717, 1.165) is 67.4 Å². The van der Waals surface area contributed by atoms with E-state index in [2.05, 4.69) is 46.2 Å². The molecule has 2 heterocycles. The number of H-pyrrole nitrogens is 1. The summed E-state index contributed by atoms with van der Waals surface area (Å²) in [5.41, 5.74) is 11.3. The number of hydrogen-bond donors (Lipinski definition) is 3. The summed E-state index contributed by atoms with van der Waals surface area (Å²) in [6.45, 7) is 3.75. The minimum atomic E-state index is -1.94. The monoisotopic (exact) mass is 481 g/mol. The highest BCUT2D eigenvalue weighted by molar-refractivity contribution is 7.99. The Bertz CT molecular complexity index is 1300. The molecule has 3 aromatic rings. The number of nitrogens with zero attached hydrogens (tertiary/aromatic N) is 2. The number of amidine groups is 1. The minimum absolute atomic E-state index is 0.0892. The summed E-state index contributed by atoms with van der Waals surface area (Å²) in [5, 5.41) is 13.6. The van der Waals surface area contributed by atoms with E-state index in [9.17, 15) is 0 Å². The van der Waals surface area contributed by atoms with Gasteiger partial charge in [-0.3, -0.25) is 4.90 Å². The zero-order valence-electron chi connectivity index (χ0n) is 22.7. The van der Waals surface area contributed by atoms with Gasteiger partial charge in [0.05, 0.1) is 7.11 Å². The van der Waals surface area contributed by atoms with Crippen LogP contribution in [0.25, 0.3) is 10.9 Å². The second kappa shape index (κ2) is 9.19. The van der Waals surface area contributed by atoms with Gasteiger partial charge in [-0.05, 0) is 74.0 Å². The number of benzene rings is 2. The summed E-state index contributed by atoms with van der Waals surface area (Å²) in [6, 6.07) is 12.3. The van der Waals surface area contributed by atoms with Crippen LogP contribution in [0.1, 0.15) is 58.1 Å². The SMILES string of the molecule is [2H]C([2H])([2H])SC1CC2(CCN(Cc3c(OC)cc(C)c4[nH]ccc34)[C@H](c3ccc(/C(N)=N/O)cc3)C2)C1. The molecule has 0 radical (unpaired) electrons. The van der Waals surface area contributed by atoms with Crippen LogP contribution in [0.15, 0.2) is 47.8 Å². The standard InChI is InChI=1S/C27H34N4O2S/c1-17-12-24(33-2)22(21-8-10-29-25(17)21)16-31-11-9-27(13-20(14-27)34-3)15-23(31)18-4-6-19(7-5-18)26(28)30-32/h4-8,10,12,20,23,29,32H,9,11,13-16H2,1-3H3,(H2,28,30)/t20?,23-,27?/m0/s1/i3D3. The molecule has 0 bridgehead atoms. The first-order valence-electron chi connectivity index (χ1n) is 13.2. The molecule has 7 heteroatoms. The number of nitrogens with one attached hydrogen (secondary N) is 1. The van der Waals surface area contributed by atoms with Gasteiger partial charge in [-0.2, -0.15) is 11.8 Å². The van der Waals surface area contributed by atoms with Gasteiger partial charge in [-0.15, -0.1) is 0 Å². The molecule has 1 spiro atoms. The third-order valence-corrected chi connectivity index (χ3v) is 8.54. The van der Waals surface area contributed by atoms with Crippen LogP contribution in [0, 0.1) is 12.3 Å². The predicted octanol–water partition coefficient (Wildman–Crippen LogP) is 5.43. The zero-order chi connectivity index (χ0) is 26.4. The fourth-order valence-electron chi connectivity index (χ4n) is 5.97. The van der Waals surface area contributed by atoms with E-state index < -0.39 is 6.18 Å². The van der Waals surface area contributed by atoms with Crippen LogP contribution in [0.4, 0.5) is 0 Å². The maximum atomic E-state index is 9.06. The van der Waals surface area contributed by atoms with Gasteiger partial charge < -0.3 is 20.7 Å². The Labute approximate surface area is 209 Å². The van der Waals surface area contributed by atoms with Crippen LogP contribution in [-0.2, 0) is 6.54 Å². The summed E-state index contributed by atoms with van der Waals surface area (Å²) in [7, 11) is 1.72. The highest BCUT2D eigenvalue weighted by atomic mass is 32.2. The Kier molecular flexibility index (Phi) is 5.31. The second-order valence-electron chi connectivity index (χ2n) is 9.84. The summed E-state index contributed by atoms with van der Waals surface area (Å²) in [4.78, 5) is 5.89. The minimum Gasteiger partial charge on any atom is -0.496 e. The molecule has 4 N–H and O–H groups in total. The van der Waals surface area contributed by atoms with Gasteiger partial charge in [-0.25, -0.2) is 0 Å². The van der Waals surface area contributed by atoms with Crippen LogP contribution >= 0.6 is 11.8 Å². The first-order chi connectivity index (χ1) is 17.6. The molecule has 1 saturated carbocycles. The summed E-state index contributed by atoms with van der Waals surface area (Å²) in [5.74, 6) is 0.981. The number of thioether (sulfide) groups is 1. The summed E-state index contributed by atoms with van der Waals surface area (Å²) < 4.78 is 28.8. The van der Waals surface area contributed by atoms with E-state index in [4.69, 9.17) is 19.8 Å². The summed E-state index contributed by atoms with van der Waals surface area (Å²) in [6.07, 6.45) is 3.94. The lowest BCUT2D eigenvalue weighted by atomic mass is 9.60. The molecule has 2 aromatic carbocycles. The highest BCUT2D eigenvalue weighted by Crippen LogP contribution is 2.57. The Morgan fingerprint density at radius 2 is 2.12 bits per heavy atom. The quantitative estimate of drug-likeness (QED) is 0.189. The fraction of sp³-hybridized carbons (Fsp3) is 0.444. The molecule has 1 aliphatic heterocycles. The Morgan fingerprint density at radius 1 is 1.32 bits per heavy atom. The van der Waals surface area contributed by atoms with E-state index in [1.807, 2.05) is 18.3 Å². The normalized spacial score (nSPS) is 27.2. The maximum absolute atomic E-state index is 9.06. The zero-order valence-corrected chi connectivity index (χ0v) is 20.5. The molecule has 2 fully saturated rings. The Hall–Kier alpha value is -2.64. The van der Waals surface area contributed by atoms with Crippen LogP contribution in [0.5, 0.6) is 5.75 Å². The van der Waals surface area contributed by atoms with E-state index in [-0.39, 0.29) is 22.5 Å². The number of aromatic nitrogens is 1. The topological polar surface area (TPSA) is 86.9 Å². The number of fused-ring (bicyclic) bond motifs is 1. The molecule has 1 aromatic heterocycles. The molecule has 180 valence electrons. The average Bonchev–Trinajstić information content (AvgIpc) is 3.35. The van der Waals surface area contributed by atoms with Crippen molar-refractivity contribution in [3.8, 4) is 5.75 Å². The van der Waals surface area contributed by atoms with E-state index in [1.165, 1.54) is 16.5 Å². The molecular formula is C27H34N4O2S. The van der Waals surface area contributed by atoms with Crippen molar-refractivity contribution in [2.24, 2.45) is 16.3 Å². The first kappa shape index (κ1) is 19.6. The number of ether oxygens (including phenoxy) is 1. The van der Waals surface area contributed by atoms with Crippen molar-refractivity contribution in [1.29, 1.82) is 0 Å². The highest BCUT2D eigenvalue weighted by Gasteiger charge is 2.48. The third-order valence-electron chi connectivity index (χ3n) is 7.88. The van der Waals surface area contributed by atoms with Gasteiger partial charge in [0.1, 0.15) is 5.75 Å². The predicted molar refractivity (Wildman–Crippen MR) is 140 cm³/mol. The number of oxime groups is 1. The second-order valence-corrected chi connectivity index (χ2v) is 10.7. The van der Waals surface area contributed by atoms with Crippen LogP contribution < -0.4 is 10.5 Å². The average molecular weight is 482 g/mol. The van der Waals surface area contributed by atoms with Crippen molar-refractivity contribution in [1.82, 2.24) is 9.88 Å². The van der Waals surface area contributed by atoms with Gasteiger partial charge in [0, 0.05) is 50.2 Å². The largest absolute Gasteiger partial charge is 0.496 e. The number of methoxy groups -OCH3 is 1. The third kappa shape index (κ3) is 4.05. The number of aryl methyl sites for hydroxylation is 1. The lowest BCUT2D eigenvalue weighted by molar-refractivity contribution is -0.00566. The molecule has 1 atom stereocenters. The van der Waals surface area contributed by atoms with Crippen molar-refractivity contribution in [3.05, 3.63) is 64.8 Å². The molecule has 0 unspecified atom stereocenters. The molecule has 1 saturated heterocycles. The molecule has 1 aliphatic carbocycles. The van der Waals surface area contributed by atoms with Gasteiger partial charge in [0.25, 0.3) is 0 Å². The smallest absolute Gasteiger partial charge is 0.170 e. The van der Waals surface area contributed by atoms with Crippen molar-refractivity contribution >= 4 is 28.5 Å². The van der Waals surface area contributed by atoms with Gasteiger partial charge >= 0.3 is 0 Å². The molecule has 34 heavy (non-hydrogen) atoms. The van der Waals surface area contributed by atoms with Gasteiger partial charge in [0.15, 0.2) is 5.84 Å². The van der Waals surface area contributed by atoms with Crippen LogP contribution in [-0.4, -0.2) is 46.0 Å². The first-order valence-corrected chi connectivity index (χ1v) is 12.6. The number of nitrogens with two attached hydrogens (primary N) is 1. The van der Waals surface area contributed by atoms with E-state index in [0.29, 0.717) is 5.56 Å². The number of rotatable bonds is 6. The molecule has 2 aliphatic rings. The lowest BCUT2D eigenvalue weighted by Crippen LogP contribution is -2.49. The Morgan fingerprint density at radius 3 is 2.82 bits per heavy atom. The van der Waals surface area contributed by atoms with Crippen LogP contribution in [0.3, 0.4) is 0 Å². The van der Waals surface area contributed by atoms with Crippen molar-refractivity contribution in [3.63, 3.8) is 0 Å². The maximum Gasteiger partial charge on any atom is 0.170 e. The molecular weight excluding hydrogens is 444 g/mol. The number of hydrogen-bond acceptors (Lipinski definition) is 5. The number of likely N-dealkylation sites (tertiary alicyclic amines) is 1. The lowest BCUT2D eigenvalue weighted by Gasteiger charge is -2.55. The Balaban J connectivity index is 1.45. The van der Waals surface area contributed by atoms with Crippen LogP contribution in [0.2, 0.25) is 0 Å². The number of piperidine rings is 1. The fourth-order valence-corrected chi connectivity index (χ4v) is 6.85. The van der Waals surface area contributed by atoms with Crippen molar-refractivity contribution < 1.29 is 14.1 Å².